The zero-order chi connectivity index (χ0) is 15.1. The number of pyridine rings is 1. The predicted molar refractivity (Wildman–Crippen MR) is 73.7 cm³/mol. The van der Waals surface area contributed by atoms with E-state index in [-0.39, 0.29) is 25.7 Å². The molecule has 0 unspecified atom stereocenters. The van der Waals surface area contributed by atoms with E-state index in [0.717, 1.165) is 10.9 Å². The molecule has 1 fully saturated rings. The van der Waals surface area contributed by atoms with Crippen molar-refractivity contribution in [3.8, 4) is 0 Å². The topological polar surface area (TPSA) is 33.1 Å². The van der Waals surface area contributed by atoms with Crippen LogP contribution in [-0.4, -0.2) is 16.3 Å². The molecule has 1 heterocycles. The molecule has 0 spiro atoms. The summed E-state index contributed by atoms with van der Waals surface area (Å²) in [6.07, 6.45) is -2.23. The third-order valence-electron chi connectivity index (χ3n) is 4.42. The molecular formula is C16H16F3NO. The minimum absolute atomic E-state index is 0.0227. The van der Waals surface area contributed by atoms with Gasteiger partial charge in [-0.05, 0) is 49.4 Å². The fourth-order valence-electron chi connectivity index (χ4n) is 3.08. The molecule has 5 heteroatoms. The van der Waals surface area contributed by atoms with Crippen LogP contribution in [0.1, 0.15) is 31.2 Å². The molecule has 2 aromatic rings. The zero-order valence-electron chi connectivity index (χ0n) is 11.4. The van der Waals surface area contributed by atoms with Gasteiger partial charge in [0.15, 0.2) is 0 Å². The molecule has 0 amide bonds. The van der Waals surface area contributed by atoms with Crippen molar-refractivity contribution in [3.05, 3.63) is 42.1 Å². The van der Waals surface area contributed by atoms with Gasteiger partial charge in [-0.2, -0.15) is 13.2 Å². The first-order valence-electron chi connectivity index (χ1n) is 7.03. The Balaban J connectivity index is 1.85. The van der Waals surface area contributed by atoms with E-state index in [1.807, 2.05) is 12.1 Å². The molecule has 1 aliphatic rings. The number of benzene rings is 1. The fourth-order valence-corrected chi connectivity index (χ4v) is 3.08. The Hall–Kier alpha value is -1.62. The molecule has 3 rings (SSSR count). The van der Waals surface area contributed by atoms with E-state index in [0.29, 0.717) is 5.56 Å². The SMILES string of the molecule is OC1(c2ccc3ncccc3c2)CCC(C(F)(F)F)CC1. The van der Waals surface area contributed by atoms with Crippen molar-refractivity contribution >= 4 is 10.9 Å². The molecule has 1 aliphatic carbocycles. The van der Waals surface area contributed by atoms with E-state index in [9.17, 15) is 18.3 Å². The van der Waals surface area contributed by atoms with Gasteiger partial charge in [0.2, 0.25) is 0 Å². The van der Waals surface area contributed by atoms with Gasteiger partial charge in [0.25, 0.3) is 0 Å². The van der Waals surface area contributed by atoms with Crippen molar-refractivity contribution in [3.63, 3.8) is 0 Å². The molecule has 0 atom stereocenters. The van der Waals surface area contributed by atoms with Gasteiger partial charge >= 0.3 is 6.18 Å². The molecule has 2 nitrogen and oxygen atoms in total. The van der Waals surface area contributed by atoms with E-state index in [1.54, 1.807) is 24.4 Å². The van der Waals surface area contributed by atoms with Gasteiger partial charge in [0.1, 0.15) is 0 Å². The zero-order valence-corrected chi connectivity index (χ0v) is 11.4. The number of fused-ring (bicyclic) bond motifs is 1. The maximum atomic E-state index is 12.7. The smallest absolute Gasteiger partial charge is 0.385 e. The maximum Gasteiger partial charge on any atom is 0.391 e. The summed E-state index contributed by atoms with van der Waals surface area (Å²) in [4.78, 5) is 4.20. The second-order valence-electron chi connectivity index (χ2n) is 5.76. The summed E-state index contributed by atoms with van der Waals surface area (Å²) in [6.45, 7) is 0. The summed E-state index contributed by atoms with van der Waals surface area (Å²) in [5, 5.41) is 11.6. The van der Waals surface area contributed by atoms with Crippen molar-refractivity contribution < 1.29 is 18.3 Å². The Morgan fingerprint density at radius 3 is 2.52 bits per heavy atom. The Bertz CT molecular complexity index is 645. The van der Waals surface area contributed by atoms with E-state index in [4.69, 9.17) is 0 Å². The van der Waals surface area contributed by atoms with Gasteiger partial charge in [0.05, 0.1) is 17.0 Å². The Morgan fingerprint density at radius 2 is 1.86 bits per heavy atom. The lowest BCUT2D eigenvalue weighted by Crippen LogP contribution is -2.36. The number of hydrogen-bond donors (Lipinski definition) is 1. The molecule has 0 bridgehead atoms. The highest BCUT2D eigenvalue weighted by atomic mass is 19.4. The van der Waals surface area contributed by atoms with Crippen LogP contribution in [-0.2, 0) is 5.60 Å². The number of hydrogen-bond acceptors (Lipinski definition) is 2. The Kier molecular flexibility index (Phi) is 3.40. The second-order valence-corrected chi connectivity index (χ2v) is 5.76. The van der Waals surface area contributed by atoms with Crippen LogP contribution in [0.2, 0.25) is 0 Å². The number of halogens is 3. The van der Waals surface area contributed by atoms with E-state index >= 15 is 0 Å². The van der Waals surface area contributed by atoms with E-state index in [2.05, 4.69) is 4.98 Å². The highest BCUT2D eigenvalue weighted by Gasteiger charge is 2.45. The van der Waals surface area contributed by atoms with Crippen LogP contribution in [0.15, 0.2) is 36.5 Å². The summed E-state index contributed by atoms with van der Waals surface area (Å²) >= 11 is 0. The lowest BCUT2D eigenvalue weighted by atomic mass is 9.75. The highest BCUT2D eigenvalue weighted by molar-refractivity contribution is 5.79. The van der Waals surface area contributed by atoms with Gasteiger partial charge < -0.3 is 5.11 Å². The monoisotopic (exact) mass is 295 g/mol. The summed E-state index contributed by atoms with van der Waals surface area (Å²) in [7, 11) is 0. The Labute approximate surface area is 120 Å². The second kappa shape index (κ2) is 4.98. The number of alkyl halides is 3. The summed E-state index contributed by atoms with van der Waals surface area (Å²) in [6, 6.07) is 9.09. The lowest BCUT2D eigenvalue weighted by molar-refractivity contribution is -0.193. The van der Waals surface area contributed by atoms with Crippen LogP contribution in [0.3, 0.4) is 0 Å². The molecule has 1 aromatic heterocycles. The first kappa shape index (κ1) is 14.3. The third kappa shape index (κ3) is 2.75. The molecular weight excluding hydrogens is 279 g/mol. The van der Waals surface area contributed by atoms with Crippen molar-refractivity contribution in [1.82, 2.24) is 4.98 Å². The first-order valence-corrected chi connectivity index (χ1v) is 7.03. The maximum absolute atomic E-state index is 12.7. The largest absolute Gasteiger partial charge is 0.391 e. The van der Waals surface area contributed by atoms with E-state index < -0.39 is 17.7 Å². The van der Waals surface area contributed by atoms with Gasteiger partial charge in [-0.1, -0.05) is 12.1 Å². The van der Waals surface area contributed by atoms with Crippen LogP contribution < -0.4 is 0 Å². The summed E-state index contributed by atoms with van der Waals surface area (Å²) in [5.41, 5.74) is 0.337. The normalized spacial score (nSPS) is 27.0. The molecule has 0 aliphatic heterocycles. The fraction of sp³-hybridized carbons (Fsp3) is 0.438. The molecule has 112 valence electrons. The lowest BCUT2D eigenvalue weighted by Gasteiger charge is -2.37. The van der Waals surface area contributed by atoms with Crippen LogP contribution in [0.5, 0.6) is 0 Å². The minimum Gasteiger partial charge on any atom is -0.385 e. The first-order chi connectivity index (χ1) is 9.88. The minimum atomic E-state index is -4.16. The van der Waals surface area contributed by atoms with Crippen molar-refractivity contribution in [2.45, 2.75) is 37.5 Å². The van der Waals surface area contributed by atoms with Crippen LogP contribution in [0, 0.1) is 5.92 Å². The van der Waals surface area contributed by atoms with E-state index in [1.165, 1.54) is 0 Å². The van der Waals surface area contributed by atoms with Gasteiger partial charge in [-0.25, -0.2) is 0 Å². The molecule has 0 radical (unpaired) electrons. The molecule has 1 saturated carbocycles. The number of aromatic nitrogens is 1. The summed E-state index contributed by atoms with van der Waals surface area (Å²) in [5.74, 6) is -1.29. The predicted octanol–water partition coefficient (Wildman–Crippen LogP) is 4.17. The van der Waals surface area contributed by atoms with Crippen LogP contribution >= 0.6 is 0 Å². The molecule has 1 N–H and O–H groups in total. The van der Waals surface area contributed by atoms with Crippen molar-refractivity contribution in [1.29, 1.82) is 0 Å². The van der Waals surface area contributed by atoms with Crippen LogP contribution in [0.4, 0.5) is 13.2 Å². The molecule has 1 aromatic carbocycles. The van der Waals surface area contributed by atoms with Crippen molar-refractivity contribution in [2.75, 3.05) is 0 Å². The van der Waals surface area contributed by atoms with Crippen molar-refractivity contribution in [2.24, 2.45) is 5.92 Å². The third-order valence-corrected chi connectivity index (χ3v) is 4.42. The quantitative estimate of drug-likeness (QED) is 0.856. The average Bonchev–Trinajstić information content (AvgIpc) is 2.46. The molecule has 0 saturated heterocycles. The highest BCUT2D eigenvalue weighted by Crippen LogP contribution is 2.45. The standard InChI is InChI=1S/C16H16F3NO/c17-16(18,19)12-5-7-15(21,8-6-12)13-3-4-14-11(10-13)2-1-9-20-14/h1-4,9-10,12,21H,5-8H2. The Morgan fingerprint density at radius 1 is 1.14 bits per heavy atom. The van der Waals surface area contributed by atoms with Gasteiger partial charge in [0, 0.05) is 11.6 Å². The van der Waals surface area contributed by atoms with Gasteiger partial charge in [-0.3, -0.25) is 4.98 Å². The average molecular weight is 295 g/mol. The number of nitrogens with zero attached hydrogens (tertiary/aromatic N) is 1. The van der Waals surface area contributed by atoms with Crippen LogP contribution in [0.25, 0.3) is 10.9 Å². The number of rotatable bonds is 1. The summed E-state index contributed by atoms with van der Waals surface area (Å²) < 4.78 is 38.1. The number of aliphatic hydroxyl groups is 1. The molecule has 21 heavy (non-hydrogen) atoms. The van der Waals surface area contributed by atoms with Gasteiger partial charge in [-0.15, -0.1) is 0 Å².